The molecule has 0 aliphatic carbocycles. The number of aryl methyl sites for hydroxylation is 2. The second-order valence-electron chi connectivity index (χ2n) is 4.41. The molecule has 0 fully saturated rings. The molecule has 0 amide bonds. The van der Waals surface area contributed by atoms with Gasteiger partial charge in [-0.2, -0.15) is 0 Å². The SMILES string of the molecule is Cc1ccc(F)c(CNc2ccc(F)c(C)c2)c1. The first-order chi connectivity index (χ1) is 8.56. The number of rotatable bonds is 3. The van der Waals surface area contributed by atoms with Crippen LogP contribution in [0.25, 0.3) is 0 Å². The standard InChI is InChI=1S/C15H15F2N/c1-10-3-5-15(17)12(7-10)9-18-13-4-6-14(16)11(2)8-13/h3-8,18H,9H2,1-2H3. The van der Waals surface area contributed by atoms with Crippen molar-refractivity contribution in [2.75, 3.05) is 5.32 Å². The second-order valence-corrected chi connectivity index (χ2v) is 4.41. The lowest BCUT2D eigenvalue weighted by molar-refractivity contribution is 0.612. The fourth-order valence-corrected chi connectivity index (χ4v) is 1.79. The maximum atomic E-state index is 13.5. The zero-order valence-electron chi connectivity index (χ0n) is 10.4. The number of hydrogen-bond donors (Lipinski definition) is 1. The number of benzene rings is 2. The highest BCUT2D eigenvalue weighted by atomic mass is 19.1. The molecular weight excluding hydrogens is 232 g/mol. The lowest BCUT2D eigenvalue weighted by atomic mass is 10.1. The van der Waals surface area contributed by atoms with Gasteiger partial charge in [0.15, 0.2) is 0 Å². The maximum absolute atomic E-state index is 13.5. The molecule has 18 heavy (non-hydrogen) atoms. The molecule has 0 aliphatic rings. The highest BCUT2D eigenvalue weighted by molar-refractivity contribution is 5.46. The van der Waals surface area contributed by atoms with Crippen molar-refractivity contribution in [1.29, 1.82) is 0 Å². The van der Waals surface area contributed by atoms with Crippen molar-refractivity contribution >= 4 is 5.69 Å². The number of anilines is 1. The Kier molecular flexibility index (Phi) is 3.60. The molecule has 0 bridgehead atoms. The van der Waals surface area contributed by atoms with E-state index in [1.54, 1.807) is 31.2 Å². The molecule has 0 aliphatic heterocycles. The van der Waals surface area contributed by atoms with Crippen LogP contribution in [-0.4, -0.2) is 0 Å². The summed E-state index contributed by atoms with van der Waals surface area (Å²) in [6.45, 7) is 4.01. The van der Waals surface area contributed by atoms with Crippen molar-refractivity contribution in [3.8, 4) is 0 Å². The van der Waals surface area contributed by atoms with Crippen LogP contribution >= 0.6 is 0 Å². The van der Waals surface area contributed by atoms with Crippen LogP contribution < -0.4 is 5.32 Å². The van der Waals surface area contributed by atoms with Crippen molar-refractivity contribution < 1.29 is 8.78 Å². The third kappa shape index (κ3) is 2.86. The van der Waals surface area contributed by atoms with Crippen molar-refractivity contribution in [3.05, 3.63) is 64.7 Å². The zero-order chi connectivity index (χ0) is 13.1. The summed E-state index contributed by atoms with van der Waals surface area (Å²) in [5.41, 5.74) is 2.99. The lowest BCUT2D eigenvalue weighted by Crippen LogP contribution is -2.02. The fourth-order valence-electron chi connectivity index (χ4n) is 1.79. The summed E-state index contributed by atoms with van der Waals surface area (Å²) < 4.78 is 26.6. The molecule has 0 unspecified atom stereocenters. The molecule has 94 valence electrons. The predicted molar refractivity (Wildman–Crippen MR) is 69.6 cm³/mol. The van der Waals surface area contributed by atoms with Gasteiger partial charge < -0.3 is 5.32 Å². The molecule has 0 saturated carbocycles. The second kappa shape index (κ2) is 5.17. The minimum atomic E-state index is -0.234. The Balaban J connectivity index is 2.11. The van der Waals surface area contributed by atoms with Gasteiger partial charge in [0.25, 0.3) is 0 Å². The van der Waals surface area contributed by atoms with Crippen molar-refractivity contribution in [1.82, 2.24) is 0 Å². The molecular formula is C15H15F2N. The quantitative estimate of drug-likeness (QED) is 0.857. The van der Waals surface area contributed by atoms with Gasteiger partial charge in [0, 0.05) is 17.8 Å². The summed E-state index contributed by atoms with van der Waals surface area (Å²) in [5.74, 6) is -0.464. The summed E-state index contributed by atoms with van der Waals surface area (Å²) in [6.07, 6.45) is 0. The minimum absolute atomic E-state index is 0.230. The Morgan fingerprint density at radius 1 is 0.944 bits per heavy atom. The third-order valence-corrected chi connectivity index (χ3v) is 2.84. The van der Waals surface area contributed by atoms with Crippen molar-refractivity contribution in [3.63, 3.8) is 0 Å². The normalized spacial score (nSPS) is 10.4. The topological polar surface area (TPSA) is 12.0 Å². The summed E-state index contributed by atoms with van der Waals surface area (Å²) >= 11 is 0. The predicted octanol–water partition coefficient (Wildman–Crippen LogP) is 4.19. The first-order valence-corrected chi connectivity index (χ1v) is 5.81. The summed E-state index contributed by atoms with van der Waals surface area (Å²) in [6, 6.07) is 9.77. The molecule has 2 aromatic carbocycles. The summed E-state index contributed by atoms with van der Waals surface area (Å²) in [5, 5.41) is 3.09. The Hall–Kier alpha value is -1.90. The maximum Gasteiger partial charge on any atom is 0.128 e. The molecule has 0 spiro atoms. The van der Waals surface area contributed by atoms with Gasteiger partial charge in [0.05, 0.1) is 0 Å². The van der Waals surface area contributed by atoms with Gasteiger partial charge in [-0.15, -0.1) is 0 Å². The molecule has 1 N–H and O–H groups in total. The lowest BCUT2D eigenvalue weighted by Gasteiger charge is -2.09. The minimum Gasteiger partial charge on any atom is -0.381 e. The van der Waals surface area contributed by atoms with Crippen LogP contribution in [0.1, 0.15) is 16.7 Å². The van der Waals surface area contributed by atoms with E-state index in [1.807, 2.05) is 6.92 Å². The molecule has 2 aromatic rings. The molecule has 2 rings (SSSR count). The van der Waals surface area contributed by atoms with E-state index >= 15 is 0 Å². The molecule has 0 saturated heterocycles. The van der Waals surface area contributed by atoms with E-state index in [4.69, 9.17) is 0 Å². The Labute approximate surface area is 105 Å². The van der Waals surface area contributed by atoms with Gasteiger partial charge in [-0.3, -0.25) is 0 Å². The van der Waals surface area contributed by atoms with Crippen molar-refractivity contribution in [2.45, 2.75) is 20.4 Å². The van der Waals surface area contributed by atoms with Crippen LogP contribution in [0.2, 0.25) is 0 Å². The van der Waals surface area contributed by atoms with E-state index in [-0.39, 0.29) is 11.6 Å². The zero-order valence-corrected chi connectivity index (χ0v) is 10.4. The van der Waals surface area contributed by atoms with Gasteiger partial charge >= 0.3 is 0 Å². The van der Waals surface area contributed by atoms with Crippen molar-refractivity contribution in [2.24, 2.45) is 0 Å². The first-order valence-electron chi connectivity index (χ1n) is 5.81. The van der Waals surface area contributed by atoms with E-state index in [0.717, 1.165) is 11.3 Å². The molecule has 0 radical (unpaired) electrons. The molecule has 3 heteroatoms. The van der Waals surface area contributed by atoms with E-state index in [0.29, 0.717) is 17.7 Å². The van der Waals surface area contributed by atoms with E-state index in [1.165, 1.54) is 12.1 Å². The van der Waals surface area contributed by atoms with Crippen LogP contribution in [-0.2, 0) is 6.54 Å². The summed E-state index contributed by atoms with van der Waals surface area (Å²) in [7, 11) is 0. The van der Waals surface area contributed by atoms with Crippen LogP contribution in [0, 0.1) is 25.5 Å². The summed E-state index contributed by atoms with van der Waals surface area (Å²) in [4.78, 5) is 0. The highest BCUT2D eigenvalue weighted by Gasteiger charge is 2.03. The van der Waals surface area contributed by atoms with E-state index in [9.17, 15) is 8.78 Å². The molecule has 0 aromatic heterocycles. The monoisotopic (exact) mass is 247 g/mol. The highest BCUT2D eigenvalue weighted by Crippen LogP contribution is 2.16. The Morgan fingerprint density at radius 3 is 2.39 bits per heavy atom. The number of hydrogen-bond acceptors (Lipinski definition) is 1. The molecule has 0 heterocycles. The fraction of sp³-hybridized carbons (Fsp3) is 0.200. The Bertz CT molecular complexity index is 564. The van der Waals surface area contributed by atoms with Gasteiger partial charge in [-0.25, -0.2) is 8.78 Å². The molecule has 1 nitrogen and oxygen atoms in total. The van der Waals surface area contributed by atoms with E-state index in [2.05, 4.69) is 5.32 Å². The largest absolute Gasteiger partial charge is 0.381 e. The average Bonchev–Trinajstić information content (AvgIpc) is 2.34. The average molecular weight is 247 g/mol. The van der Waals surface area contributed by atoms with Gasteiger partial charge in [0.1, 0.15) is 11.6 Å². The van der Waals surface area contributed by atoms with E-state index < -0.39 is 0 Å². The van der Waals surface area contributed by atoms with Crippen LogP contribution in [0.4, 0.5) is 14.5 Å². The first kappa shape index (κ1) is 12.6. The van der Waals surface area contributed by atoms with Gasteiger partial charge in [-0.05, 0) is 43.7 Å². The van der Waals surface area contributed by atoms with Crippen LogP contribution in [0.5, 0.6) is 0 Å². The van der Waals surface area contributed by atoms with Crippen LogP contribution in [0.15, 0.2) is 36.4 Å². The van der Waals surface area contributed by atoms with Gasteiger partial charge in [0.2, 0.25) is 0 Å². The number of halogens is 2. The Morgan fingerprint density at radius 2 is 1.67 bits per heavy atom. The third-order valence-electron chi connectivity index (χ3n) is 2.84. The van der Waals surface area contributed by atoms with Crippen LogP contribution in [0.3, 0.4) is 0 Å². The number of nitrogens with one attached hydrogen (secondary N) is 1. The smallest absolute Gasteiger partial charge is 0.128 e. The van der Waals surface area contributed by atoms with Gasteiger partial charge in [-0.1, -0.05) is 17.7 Å². The molecule has 0 atom stereocenters.